The van der Waals surface area contributed by atoms with Crippen molar-refractivity contribution in [1.82, 2.24) is 0 Å². The second kappa shape index (κ2) is 12.0. The van der Waals surface area contributed by atoms with Crippen LogP contribution in [0, 0.1) is 0 Å². The normalized spacial score (nSPS) is 14.6. The predicted molar refractivity (Wildman–Crippen MR) is 183 cm³/mol. The molecule has 1 aliphatic carbocycles. The third kappa shape index (κ3) is 5.14. The summed E-state index contributed by atoms with van der Waals surface area (Å²) in [6.45, 7) is 5.04. The zero-order valence-corrected chi connectivity index (χ0v) is 26.2. The first-order valence-electron chi connectivity index (χ1n) is 15.6. The molecule has 4 nitrogen and oxygen atoms in total. The maximum Gasteiger partial charge on any atom is 0.120 e. The van der Waals surface area contributed by atoms with Crippen molar-refractivity contribution >= 4 is 21.5 Å². The molecule has 0 spiro atoms. The van der Waals surface area contributed by atoms with Crippen LogP contribution in [0.5, 0.6) is 11.5 Å². The van der Waals surface area contributed by atoms with Gasteiger partial charge in [0.15, 0.2) is 0 Å². The lowest BCUT2D eigenvalue weighted by molar-refractivity contribution is 0.0717. The van der Waals surface area contributed by atoms with Gasteiger partial charge in [-0.15, -0.1) is 0 Å². The lowest BCUT2D eigenvalue weighted by Crippen LogP contribution is -2.28. The van der Waals surface area contributed by atoms with Gasteiger partial charge in [0.2, 0.25) is 0 Å². The summed E-state index contributed by atoms with van der Waals surface area (Å²) in [6, 6.07) is 44.2. The van der Waals surface area contributed by atoms with Crippen LogP contribution in [0.1, 0.15) is 36.1 Å². The lowest BCUT2D eigenvalue weighted by atomic mass is 9.67. The minimum atomic E-state index is -0.484. The van der Waals surface area contributed by atoms with Crippen molar-refractivity contribution in [2.24, 2.45) is 0 Å². The Morgan fingerprint density at radius 2 is 0.889 bits per heavy atom. The molecule has 6 aromatic carbocycles. The third-order valence-electron chi connectivity index (χ3n) is 9.22. The molecule has 0 N–H and O–H groups in total. The first-order valence-corrected chi connectivity index (χ1v) is 15.6. The molecule has 0 amide bonds. The Labute approximate surface area is 265 Å². The summed E-state index contributed by atoms with van der Waals surface area (Å²) in [6.07, 6.45) is 0.0664. The highest BCUT2D eigenvalue weighted by Gasteiger charge is 2.46. The molecule has 6 aromatic rings. The fourth-order valence-corrected chi connectivity index (χ4v) is 6.68. The van der Waals surface area contributed by atoms with Gasteiger partial charge in [-0.3, -0.25) is 0 Å². The van der Waals surface area contributed by atoms with Gasteiger partial charge in [0.25, 0.3) is 0 Å². The van der Waals surface area contributed by atoms with Crippen LogP contribution in [0.25, 0.3) is 32.7 Å². The Kier molecular flexibility index (Phi) is 7.78. The Hall–Kier alpha value is -4.64. The molecule has 2 atom stereocenters. The van der Waals surface area contributed by atoms with E-state index in [-0.39, 0.29) is 12.2 Å². The van der Waals surface area contributed by atoms with E-state index in [1.165, 1.54) is 44.2 Å². The van der Waals surface area contributed by atoms with Crippen LogP contribution < -0.4 is 9.47 Å². The van der Waals surface area contributed by atoms with Gasteiger partial charge in [0, 0.05) is 14.2 Å². The quantitative estimate of drug-likeness (QED) is 0.158. The number of hydrogen-bond acceptors (Lipinski definition) is 4. The van der Waals surface area contributed by atoms with Gasteiger partial charge in [0.05, 0.1) is 17.6 Å². The van der Waals surface area contributed by atoms with E-state index in [2.05, 4.69) is 121 Å². The molecule has 4 heteroatoms. The fraction of sp³-hybridized carbons (Fsp3) is 0.220. The highest BCUT2D eigenvalue weighted by atomic mass is 16.5. The summed E-state index contributed by atoms with van der Waals surface area (Å²) >= 11 is 0. The van der Waals surface area contributed by atoms with E-state index in [0.29, 0.717) is 13.2 Å². The monoisotopic (exact) mass is 594 g/mol. The maximum absolute atomic E-state index is 6.02. The zero-order chi connectivity index (χ0) is 31.0. The Morgan fingerprint density at radius 1 is 0.489 bits per heavy atom. The molecular weight excluding hydrogens is 556 g/mol. The molecule has 2 unspecified atom stereocenters. The van der Waals surface area contributed by atoms with E-state index in [9.17, 15) is 0 Å². The van der Waals surface area contributed by atoms with Crippen molar-refractivity contribution in [3.05, 3.63) is 144 Å². The first kappa shape index (κ1) is 29.1. The van der Waals surface area contributed by atoms with Crippen LogP contribution in [0.15, 0.2) is 121 Å². The Morgan fingerprint density at radius 3 is 1.33 bits per heavy atom. The smallest absolute Gasteiger partial charge is 0.120 e. The summed E-state index contributed by atoms with van der Waals surface area (Å²) in [5.41, 5.74) is 7.14. The highest BCUT2D eigenvalue weighted by molar-refractivity contribution is 5.92. The molecule has 7 rings (SSSR count). The van der Waals surface area contributed by atoms with E-state index < -0.39 is 5.41 Å². The van der Waals surface area contributed by atoms with Crippen LogP contribution in [0.3, 0.4) is 0 Å². The minimum Gasteiger partial charge on any atom is -0.491 e. The molecule has 0 bridgehead atoms. The summed E-state index contributed by atoms with van der Waals surface area (Å²) in [7, 11) is 3.41. The molecule has 0 aliphatic heterocycles. The Bertz CT molecular complexity index is 1850. The topological polar surface area (TPSA) is 36.9 Å². The molecule has 45 heavy (non-hydrogen) atoms. The van der Waals surface area contributed by atoms with Crippen LogP contribution in [-0.4, -0.2) is 39.6 Å². The molecule has 0 saturated heterocycles. The minimum absolute atomic E-state index is 0.0332. The molecule has 0 heterocycles. The largest absolute Gasteiger partial charge is 0.491 e. The van der Waals surface area contributed by atoms with E-state index >= 15 is 0 Å². The highest BCUT2D eigenvalue weighted by Crippen LogP contribution is 2.56. The second-order valence-electron chi connectivity index (χ2n) is 12.0. The number of hydrogen-bond donors (Lipinski definition) is 0. The molecule has 226 valence electrons. The van der Waals surface area contributed by atoms with Gasteiger partial charge >= 0.3 is 0 Å². The summed E-state index contributed by atoms with van der Waals surface area (Å²) < 4.78 is 22.8. The lowest BCUT2D eigenvalue weighted by Gasteiger charge is -2.34. The molecule has 0 aromatic heterocycles. The van der Waals surface area contributed by atoms with Crippen molar-refractivity contribution in [2.75, 3.05) is 27.4 Å². The third-order valence-corrected chi connectivity index (χ3v) is 9.22. The van der Waals surface area contributed by atoms with Crippen LogP contribution in [0.2, 0.25) is 0 Å². The summed E-state index contributed by atoms with van der Waals surface area (Å²) in [5, 5.41) is 4.64. The van der Waals surface area contributed by atoms with Gasteiger partial charge in [-0.1, -0.05) is 84.9 Å². The number of ether oxygens (including phenoxy) is 4. The average molecular weight is 595 g/mol. The van der Waals surface area contributed by atoms with Crippen molar-refractivity contribution in [3.63, 3.8) is 0 Å². The van der Waals surface area contributed by atoms with Crippen molar-refractivity contribution < 1.29 is 18.9 Å². The van der Waals surface area contributed by atoms with Gasteiger partial charge in [-0.2, -0.15) is 0 Å². The van der Waals surface area contributed by atoms with Crippen LogP contribution >= 0.6 is 0 Å². The summed E-state index contributed by atoms with van der Waals surface area (Å²) in [4.78, 5) is 0. The standard InChI is InChI=1S/C41H38O4/c1-27(42-3)25-44-35-19-15-29-21-33(17-13-31(29)23-35)41(39-11-7-5-9-37(39)38-10-6-8-12-40(38)41)34-18-14-32-24-36(20-16-30(32)22-34)45-26-28(2)43-4/h5-24,27-28H,25-26H2,1-4H3. The van der Waals surface area contributed by atoms with Gasteiger partial charge in [0.1, 0.15) is 24.7 Å². The van der Waals surface area contributed by atoms with Gasteiger partial charge < -0.3 is 18.9 Å². The number of rotatable bonds is 10. The van der Waals surface area contributed by atoms with E-state index in [1.54, 1.807) is 14.2 Å². The molecule has 1 aliphatic rings. The maximum atomic E-state index is 6.02. The SMILES string of the molecule is COC(C)COc1ccc2cc(C3(c4ccc5cc(OCC(C)OC)ccc5c4)c4ccccc4-c4ccccc43)ccc2c1. The van der Waals surface area contributed by atoms with Crippen LogP contribution in [-0.2, 0) is 14.9 Å². The van der Waals surface area contributed by atoms with E-state index in [0.717, 1.165) is 22.3 Å². The van der Waals surface area contributed by atoms with E-state index in [4.69, 9.17) is 18.9 Å². The predicted octanol–water partition coefficient (Wildman–Crippen LogP) is 9.18. The Balaban J connectivity index is 1.38. The van der Waals surface area contributed by atoms with E-state index in [1.807, 2.05) is 13.8 Å². The summed E-state index contributed by atoms with van der Waals surface area (Å²) in [5.74, 6) is 1.69. The second-order valence-corrected chi connectivity index (χ2v) is 12.0. The van der Waals surface area contributed by atoms with Crippen molar-refractivity contribution in [3.8, 4) is 22.6 Å². The number of benzene rings is 6. The van der Waals surface area contributed by atoms with Crippen LogP contribution in [0.4, 0.5) is 0 Å². The molecule has 0 saturated carbocycles. The number of methoxy groups -OCH3 is 2. The first-order chi connectivity index (χ1) is 22.0. The van der Waals surface area contributed by atoms with Crippen molar-refractivity contribution in [1.29, 1.82) is 0 Å². The average Bonchev–Trinajstić information content (AvgIpc) is 3.40. The van der Waals surface area contributed by atoms with Gasteiger partial charge in [-0.05, 0) is 105 Å². The molecular formula is C41H38O4. The molecule has 0 fully saturated rings. The van der Waals surface area contributed by atoms with Crippen molar-refractivity contribution in [2.45, 2.75) is 31.5 Å². The fourth-order valence-electron chi connectivity index (χ4n) is 6.68. The molecule has 0 radical (unpaired) electrons. The van der Waals surface area contributed by atoms with Gasteiger partial charge in [-0.25, -0.2) is 0 Å². The zero-order valence-electron chi connectivity index (χ0n) is 26.2. The number of fused-ring (bicyclic) bond motifs is 5.